The van der Waals surface area contributed by atoms with Gasteiger partial charge >= 0.3 is 0 Å². The highest BCUT2D eigenvalue weighted by atomic mass is 35.5. The van der Waals surface area contributed by atoms with Crippen LogP contribution in [0.5, 0.6) is 17.2 Å². The van der Waals surface area contributed by atoms with E-state index >= 15 is 0 Å². The van der Waals surface area contributed by atoms with Gasteiger partial charge in [-0.1, -0.05) is 29.3 Å². The van der Waals surface area contributed by atoms with E-state index in [4.69, 9.17) is 37.4 Å². The van der Waals surface area contributed by atoms with Gasteiger partial charge in [0.25, 0.3) is 0 Å². The van der Waals surface area contributed by atoms with Crippen molar-refractivity contribution in [1.82, 2.24) is 9.97 Å². The topological polar surface area (TPSA) is 70.5 Å². The number of rotatable bonds is 8. The number of thiazole rings is 1. The van der Waals surface area contributed by atoms with Crippen molar-refractivity contribution in [3.8, 4) is 17.2 Å². The second kappa shape index (κ2) is 9.43. The van der Waals surface area contributed by atoms with Crippen LogP contribution in [0, 0.1) is 6.92 Å². The molecule has 1 atom stereocenters. The average molecular weight is 453 g/mol. The van der Waals surface area contributed by atoms with Crippen molar-refractivity contribution in [2.75, 3.05) is 14.2 Å². The molecule has 0 spiro atoms. The summed E-state index contributed by atoms with van der Waals surface area (Å²) >= 11 is 14.1. The molecule has 0 N–H and O–H groups in total. The van der Waals surface area contributed by atoms with Crippen molar-refractivity contribution in [3.05, 3.63) is 61.8 Å². The lowest BCUT2D eigenvalue weighted by Crippen LogP contribution is -2.10. The molecule has 6 nitrogen and oxygen atoms in total. The lowest BCUT2D eigenvalue weighted by Gasteiger charge is -2.21. The molecule has 0 aliphatic carbocycles. The molecule has 0 radical (unpaired) electrons. The molecule has 3 rings (SSSR count). The number of benzene rings is 1. The van der Waals surface area contributed by atoms with Gasteiger partial charge in [0.2, 0.25) is 5.75 Å². The Bertz CT molecular complexity index is 1010. The number of halogens is 2. The normalized spacial score (nSPS) is 11.8. The van der Waals surface area contributed by atoms with Gasteiger partial charge in [0.15, 0.2) is 11.5 Å². The Balaban J connectivity index is 2.12. The minimum atomic E-state index is -0.787. The zero-order valence-electron chi connectivity index (χ0n) is 15.9. The molecule has 0 fully saturated rings. The number of hydrogen-bond donors (Lipinski definition) is 0. The number of nitrogens with zero attached hydrogens (tertiary/aromatic N) is 2. The molecule has 2 aromatic heterocycles. The molecule has 1 aromatic carbocycles. The van der Waals surface area contributed by atoms with Crippen LogP contribution in [0.3, 0.4) is 0 Å². The summed E-state index contributed by atoms with van der Waals surface area (Å²) in [5.74, 6) is 0.408. The quantitative estimate of drug-likeness (QED) is 0.443. The lowest BCUT2D eigenvalue weighted by atomic mass is 9.92. The summed E-state index contributed by atoms with van der Waals surface area (Å²) in [7, 11) is 3.03. The zero-order chi connectivity index (χ0) is 21.0. The van der Waals surface area contributed by atoms with Gasteiger partial charge in [-0.3, -0.25) is 4.98 Å². The van der Waals surface area contributed by atoms with Crippen LogP contribution in [-0.4, -0.2) is 30.5 Å². The number of aromatic nitrogens is 2. The average Bonchev–Trinajstić information content (AvgIpc) is 3.13. The summed E-state index contributed by atoms with van der Waals surface area (Å²) in [6.45, 7) is 2.12. The molecule has 0 amide bonds. The van der Waals surface area contributed by atoms with Crippen molar-refractivity contribution in [1.29, 1.82) is 0 Å². The fourth-order valence-corrected chi connectivity index (χ4v) is 4.14. The minimum absolute atomic E-state index is 0.199. The minimum Gasteiger partial charge on any atom is -0.493 e. The van der Waals surface area contributed by atoms with Crippen molar-refractivity contribution >= 4 is 40.8 Å². The zero-order valence-corrected chi connectivity index (χ0v) is 18.3. The largest absolute Gasteiger partial charge is 0.493 e. The highest BCUT2D eigenvalue weighted by Gasteiger charge is 2.27. The predicted octanol–water partition coefficient (Wildman–Crippen LogP) is 5.08. The molecule has 0 saturated heterocycles. The van der Waals surface area contributed by atoms with Gasteiger partial charge in [-0.2, -0.15) is 0 Å². The fraction of sp³-hybridized carbons (Fsp3) is 0.250. The third-order valence-corrected chi connectivity index (χ3v) is 5.66. The summed E-state index contributed by atoms with van der Waals surface area (Å²) in [6, 6.07) is 3.43. The van der Waals surface area contributed by atoms with Crippen LogP contribution in [0.25, 0.3) is 0 Å². The van der Waals surface area contributed by atoms with Crippen molar-refractivity contribution in [2.45, 2.75) is 19.4 Å². The van der Waals surface area contributed by atoms with Gasteiger partial charge in [-0.15, -0.1) is 11.3 Å². The maximum absolute atomic E-state index is 12.1. The van der Waals surface area contributed by atoms with Crippen molar-refractivity contribution < 1.29 is 19.0 Å². The molecule has 1 unspecified atom stereocenters. The monoisotopic (exact) mass is 452 g/mol. The molecule has 3 aromatic rings. The third kappa shape index (κ3) is 4.47. The Hall–Kier alpha value is -2.35. The van der Waals surface area contributed by atoms with E-state index in [1.165, 1.54) is 38.0 Å². The Morgan fingerprint density at radius 3 is 2.41 bits per heavy atom. The number of carbonyl (C=O) groups is 1. The number of carbonyl (C=O) groups excluding carboxylic acids is 1. The van der Waals surface area contributed by atoms with E-state index < -0.39 is 5.92 Å². The third-order valence-electron chi connectivity index (χ3n) is 4.23. The SMILES string of the molecule is COc1ccc(C(C=O)c2c(Cl)cncc2Cl)c(OCc2csc(C)n2)c1OC. The smallest absolute Gasteiger partial charge is 0.203 e. The number of aryl methyl sites for hydroxylation is 1. The van der Waals surface area contributed by atoms with Crippen LogP contribution < -0.4 is 14.2 Å². The number of hydrogen-bond acceptors (Lipinski definition) is 7. The molecule has 0 saturated carbocycles. The highest BCUT2D eigenvalue weighted by Crippen LogP contribution is 2.46. The Morgan fingerprint density at radius 2 is 1.86 bits per heavy atom. The number of aldehydes is 1. The Labute approximate surface area is 182 Å². The van der Waals surface area contributed by atoms with E-state index in [-0.39, 0.29) is 16.7 Å². The predicted molar refractivity (Wildman–Crippen MR) is 113 cm³/mol. The van der Waals surface area contributed by atoms with E-state index in [1.54, 1.807) is 12.1 Å². The molecular weight excluding hydrogens is 435 g/mol. The molecular formula is C20H18Cl2N2O4S. The van der Waals surface area contributed by atoms with Crippen molar-refractivity contribution in [2.24, 2.45) is 0 Å². The number of pyridine rings is 1. The summed E-state index contributed by atoms with van der Waals surface area (Å²) in [5.41, 5.74) is 1.76. The second-order valence-corrected chi connectivity index (χ2v) is 7.87. The van der Waals surface area contributed by atoms with E-state index in [9.17, 15) is 4.79 Å². The molecule has 29 heavy (non-hydrogen) atoms. The van der Waals surface area contributed by atoms with Gasteiger partial charge in [-0.05, 0) is 13.0 Å². The lowest BCUT2D eigenvalue weighted by molar-refractivity contribution is -0.108. The van der Waals surface area contributed by atoms with Crippen LogP contribution in [0.1, 0.15) is 27.7 Å². The molecule has 0 bridgehead atoms. The first-order valence-electron chi connectivity index (χ1n) is 8.53. The summed E-state index contributed by atoms with van der Waals surface area (Å²) < 4.78 is 17.0. The van der Waals surface area contributed by atoms with Crippen LogP contribution in [0.15, 0.2) is 29.9 Å². The Morgan fingerprint density at radius 1 is 1.14 bits per heavy atom. The summed E-state index contributed by atoms with van der Waals surface area (Å²) in [4.78, 5) is 20.5. The maximum Gasteiger partial charge on any atom is 0.203 e. The van der Waals surface area contributed by atoms with Gasteiger partial charge in [0.05, 0.1) is 40.9 Å². The molecule has 152 valence electrons. The van der Waals surface area contributed by atoms with Crippen LogP contribution in [-0.2, 0) is 11.4 Å². The number of methoxy groups -OCH3 is 2. The summed E-state index contributed by atoms with van der Waals surface area (Å²) in [5, 5.41) is 3.41. The first-order chi connectivity index (χ1) is 14.0. The van der Waals surface area contributed by atoms with E-state index in [0.29, 0.717) is 28.4 Å². The van der Waals surface area contributed by atoms with Gasteiger partial charge in [0.1, 0.15) is 12.9 Å². The molecule has 0 aliphatic rings. The van der Waals surface area contributed by atoms with Gasteiger partial charge in [-0.25, -0.2) is 4.98 Å². The second-order valence-electron chi connectivity index (χ2n) is 6.00. The van der Waals surface area contributed by atoms with E-state index in [2.05, 4.69) is 9.97 Å². The van der Waals surface area contributed by atoms with Crippen LogP contribution >= 0.6 is 34.5 Å². The molecule has 9 heteroatoms. The molecule has 2 heterocycles. The fourth-order valence-electron chi connectivity index (χ4n) is 2.94. The van der Waals surface area contributed by atoms with Gasteiger partial charge in [0, 0.05) is 28.9 Å². The van der Waals surface area contributed by atoms with Gasteiger partial charge < -0.3 is 19.0 Å². The molecule has 0 aliphatic heterocycles. The maximum atomic E-state index is 12.1. The Kier molecular flexibility index (Phi) is 6.95. The first kappa shape index (κ1) is 21.4. The highest BCUT2D eigenvalue weighted by molar-refractivity contribution is 7.09. The van der Waals surface area contributed by atoms with E-state index in [0.717, 1.165) is 17.0 Å². The first-order valence-corrected chi connectivity index (χ1v) is 10.2. The standard InChI is InChI=1S/C20H18Cl2N2O4S/c1-11-24-12(10-29-11)9-28-19-13(4-5-17(26-2)20(19)27-3)14(8-25)18-15(21)6-23-7-16(18)22/h4-8,10,14H,9H2,1-3H3. The number of ether oxygens (including phenoxy) is 3. The van der Waals surface area contributed by atoms with Crippen LogP contribution in [0.4, 0.5) is 0 Å². The van der Waals surface area contributed by atoms with Crippen molar-refractivity contribution in [3.63, 3.8) is 0 Å². The summed E-state index contributed by atoms with van der Waals surface area (Å²) in [6.07, 6.45) is 3.64. The van der Waals surface area contributed by atoms with E-state index in [1.807, 2.05) is 12.3 Å². The van der Waals surface area contributed by atoms with Crippen LogP contribution in [0.2, 0.25) is 10.0 Å².